The second-order valence-electron chi connectivity index (χ2n) is 3.97. The zero-order valence-electron chi connectivity index (χ0n) is 10.4. The van der Waals surface area contributed by atoms with Crippen LogP contribution in [0.25, 0.3) is 11.3 Å². The summed E-state index contributed by atoms with van der Waals surface area (Å²) in [4.78, 5) is 0. The number of hydrogen-bond acceptors (Lipinski definition) is 5. The van der Waals surface area contributed by atoms with E-state index in [9.17, 15) is 18.6 Å². The molecule has 6 nitrogen and oxygen atoms in total. The third-order valence-corrected chi connectivity index (χ3v) is 4.07. The molecule has 0 radical (unpaired) electrons. The highest BCUT2D eigenvalue weighted by Gasteiger charge is 2.23. The maximum atomic E-state index is 11.4. The molecule has 2 rings (SSSR count). The average Bonchev–Trinajstić information content (AvgIpc) is 2.67. The van der Waals surface area contributed by atoms with Gasteiger partial charge in [-0.05, 0) is 19.1 Å². The van der Waals surface area contributed by atoms with Crippen molar-refractivity contribution < 1.29 is 23.0 Å². The Morgan fingerprint density at radius 1 is 1.30 bits per heavy atom. The molecule has 0 aliphatic rings. The van der Waals surface area contributed by atoms with Gasteiger partial charge >= 0.3 is 0 Å². The summed E-state index contributed by atoms with van der Waals surface area (Å²) in [7, 11) is -3.63. The molecule has 2 aromatic rings. The monoisotopic (exact) mass is 317 g/mol. The van der Waals surface area contributed by atoms with Crippen molar-refractivity contribution in [3.63, 3.8) is 0 Å². The van der Waals surface area contributed by atoms with Gasteiger partial charge in [0, 0.05) is 10.6 Å². The highest BCUT2D eigenvalue weighted by molar-refractivity contribution is 7.92. The van der Waals surface area contributed by atoms with Gasteiger partial charge in [-0.1, -0.05) is 23.7 Å². The average molecular weight is 318 g/mol. The van der Waals surface area contributed by atoms with Gasteiger partial charge in [0.05, 0.1) is 5.75 Å². The Hall–Kier alpha value is -1.86. The van der Waals surface area contributed by atoms with Crippen LogP contribution in [0.2, 0.25) is 5.02 Å². The molecule has 3 N–H and O–H groups in total. The van der Waals surface area contributed by atoms with E-state index < -0.39 is 27.4 Å². The van der Waals surface area contributed by atoms with E-state index in [1.54, 1.807) is 18.2 Å². The predicted octanol–water partition coefficient (Wildman–Crippen LogP) is 2.77. The van der Waals surface area contributed by atoms with Crippen LogP contribution in [0.15, 0.2) is 28.7 Å². The fourth-order valence-corrected chi connectivity index (χ4v) is 2.28. The Balaban J connectivity index is 2.48. The first-order valence-electron chi connectivity index (χ1n) is 5.65. The van der Waals surface area contributed by atoms with Gasteiger partial charge in [-0.3, -0.25) is 0 Å². The van der Waals surface area contributed by atoms with E-state index in [4.69, 9.17) is 16.0 Å². The van der Waals surface area contributed by atoms with Gasteiger partial charge in [-0.25, -0.2) is 13.1 Å². The van der Waals surface area contributed by atoms with Crippen molar-refractivity contribution in [2.75, 3.05) is 10.5 Å². The van der Waals surface area contributed by atoms with Gasteiger partial charge in [0.1, 0.15) is 0 Å². The first-order chi connectivity index (χ1) is 9.34. The Labute approximate surface area is 120 Å². The number of furan rings is 1. The summed E-state index contributed by atoms with van der Waals surface area (Å²) >= 11 is 5.83. The molecule has 0 fully saturated rings. The van der Waals surface area contributed by atoms with Crippen LogP contribution in [-0.4, -0.2) is 24.4 Å². The highest BCUT2D eigenvalue weighted by atomic mass is 35.5. The maximum Gasteiger partial charge on any atom is 0.253 e. The Morgan fingerprint density at radius 2 is 2.00 bits per heavy atom. The molecule has 1 heterocycles. The predicted molar refractivity (Wildman–Crippen MR) is 75.6 cm³/mol. The number of halogens is 1. The molecule has 0 saturated heterocycles. The summed E-state index contributed by atoms with van der Waals surface area (Å²) in [5.41, 5.74) is 0.409. The van der Waals surface area contributed by atoms with Crippen LogP contribution in [0.3, 0.4) is 0 Å². The molecule has 0 spiro atoms. The molecule has 0 bridgehead atoms. The molecule has 108 valence electrons. The van der Waals surface area contributed by atoms with E-state index in [0.29, 0.717) is 10.6 Å². The largest absolute Gasteiger partial charge is 0.502 e. The number of nitrogens with one attached hydrogen (secondary N) is 1. The Kier molecular flexibility index (Phi) is 3.82. The Bertz CT molecular complexity index is 738. The van der Waals surface area contributed by atoms with Crippen LogP contribution >= 0.6 is 11.6 Å². The number of aromatic hydroxyl groups is 2. The van der Waals surface area contributed by atoms with E-state index in [1.165, 1.54) is 13.0 Å². The minimum Gasteiger partial charge on any atom is -0.502 e. The summed E-state index contributed by atoms with van der Waals surface area (Å²) in [6.07, 6.45) is 0. The summed E-state index contributed by atoms with van der Waals surface area (Å²) in [6, 6.07) is 6.37. The molecule has 0 aliphatic carbocycles. The number of hydrogen-bond donors (Lipinski definition) is 3. The van der Waals surface area contributed by atoms with Gasteiger partial charge in [0.25, 0.3) is 5.88 Å². The van der Waals surface area contributed by atoms with E-state index in [0.717, 1.165) is 0 Å². The number of anilines is 1. The lowest BCUT2D eigenvalue weighted by atomic mass is 10.1. The summed E-state index contributed by atoms with van der Waals surface area (Å²) in [6.45, 7) is 1.43. The number of rotatable bonds is 4. The maximum absolute atomic E-state index is 11.4. The molecule has 1 aromatic carbocycles. The lowest BCUT2D eigenvalue weighted by Gasteiger charge is -2.02. The number of sulfonamides is 1. The molecule has 0 unspecified atom stereocenters. The lowest BCUT2D eigenvalue weighted by Crippen LogP contribution is -2.14. The van der Waals surface area contributed by atoms with Crippen LogP contribution in [0.4, 0.5) is 5.88 Å². The van der Waals surface area contributed by atoms with Crippen molar-refractivity contribution in [1.29, 1.82) is 0 Å². The molecule has 0 aliphatic heterocycles. The second kappa shape index (κ2) is 5.26. The normalized spacial score (nSPS) is 11.5. The van der Waals surface area contributed by atoms with Crippen molar-refractivity contribution in [2.24, 2.45) is 0 Å². The first kappa shape index (κ1) is 14.5. The minimum absolute atomic E-state index is 0.0706. The molecule has 0 saturated carbocycles. The van der Waals surface area contributed by atoms with Crippen LogP contribution in [0.5, 0.6) is 11.5 Å². The van der Waals surface area contributed by atoms with Crippen molar-refractivity contribution in [3.8, 4) is 22.8 Å². The fraction of sp³-hybridized carbons (Fsp3) is 0.167. The van der Waals surface area contributed by atoms with E-state index in [-0.39, 0.29) is 11.5 Å². The lowest BCUT2D eigenvalue weighted by molar-refractivity contribution is 0.410. The zero-order chi connectivity index (χ0) is 14.9. The smallest absolute Gasteiger partial charge is 0.253 e. The summed E-state index contributed by atoms with van der Waals surface area (Å²) in [5.74, 6) is -1.92. The molecular weight excluding hydrogens is 306 g/mol. The quantitative estimate of drug-likeness (QED) is 0.805. The molecule has 0 amide bonds. The van der Waals surface area contributed by atoms with Crippen molar-refractivity contribution in [2.45, 2.75) is 6.92 Å². The van der Waals surface area contributed by atoms with Crippen LogP contribution in [0, 0.1) is 0 Å². The van der Waals surface area contributed by atoms with Crippen LogP contribution < -0.4 is 4.72 Å². The molecule has 1 aromatic heterocycles. The third kappa shape index (κ3) is 2.83. The summed E-state index contributed by atoms with van der Waals surface area (Å²) < 4.78 is 30.1. The molecule has 8 heteroatoms. The van der Waals surface area contributed by atoms with Gasteiger partial charge in [-0.2, -0.15) is 0 Å². The van der Waals surface area contributed by atoms with Gasteiger partial charge in [0.15, 0.2) is 5.76 Å². The van der Waals surface area contributed by atoms with E-state index in [1.807, 2.05) is 4.72 Å². The number of benzene rings is 1. The third-order valence-electron chi connectivity index (χ3n) is 2.57. The van der Waals surface area contributed by atoms with E-state index in [2.05, 4.69) is 0 Å². The Morgan fingerprint density at radius 3 is 2.60 bits per heavy atom. The van der Waals surface area contributed by atoms with Crippen LogP contribution in [-0.2, 0) is 10.0 Å². The second-order valence-corrected chi connectivity index (χ2v) is 6.42. The SMILES string of the molecule is CCS(=O)(=O)Nc1oc(-c2cccc(Cl)c2)c(O)c1O. The van der Waals surface area contributed by atoms with Gasteiger partial charge in [-0.15, -0.1) is 0 Å². The highest BCUT2D eigenvalue weighted by Crippen LogP contribution is 2.45. The van der Waals surface area contributed by atoms with Crippen molar-refractivity contribution >= 4 is 27.5 Å². The topological polar surface area (TPSA) is 99.8 Å². The van der Waals surface area contributed by atoms with Crippen LogP contribution in [0.1, 0.15) is 6.92 Å². The van der Waals surface area contributed by atoms with Crippen molar-refractivity contribution in [3.05, 3.63) is 29.3 Å². The minimum atomic E-state index is -3.63. The first-order valence-corrected chi connectivity index (χ1v) is 7.68. The molecule has 20 heavy (non-hydrogen) atoms. The molecule has 0 atom stereocenters. The van der Waals surface area contributed by atoms with Crippen molar-refractivity contribution in [1.82, 2.24) is 0 Å². The van der Waals surface area contributed by atoms with Gasteiger partial charge < -0.3 is 14.6 Å². The molecular formula is C12H12ClNO5S. The van der Waals surface area contributed by atoms with E-state index >= 15 is 0 Å². The van der Waals surface area contributed by atoms with Gasteiger partial charge in [0.2, 0.25) is 21.5 Å². The summed E-state index contributed by atoms with van der Waals surface area (Å²) in [5, 5.41) is 19.9. The zero-order valence-corrected chi connectivity index (χ0v) is 12.0. The standard InChI is InChI=1S/C12H12ClNO5S/c1-2-20(17,18)14-12-10(16)9(15)11(19-12)7-4-3-5-8(13)6-7/h3-6,14-16H,2H2,1H3. The fourth-order valence-electron chi connectivity index (χ4n) is 1.52.